The molecule has 0 saturated heterocycles. The largest absolute Gasteiger partial charge is 0.424 e. The quantitative estimate of drug-likeness (QED) is 0.717. The van der Waals surface area contributed by atoms with Gasteiger partial charge in [0.25, 0.3) is 6.01 Å². The number of aromatic nitrogens is 1. The number of anilines is 1. The average Bonchev–Trinajstić information content (AvgIpc) is 2.95. The Balaban J connectivity index is 1.75. The van der Waals surface area contributed by atoms with Crippen LogP contribution < -0.4 is 10.0 Å². The van der Waals surface area contributed by atoms with E-state index in [4.69, 9.17) is 4.42 Å². The van der Waals surface area contributed by atoms with Crippen molar-refractivity contribution in [1.29, 1.82) is 0 Å². The summed E-state index contributed by atoms with van der Waals surface area (Å²) in [4.78, 5) is 4.57. The molecule has 0 bridgehead atoms. The van der Waals surface area contributed by atoms with Crippen molar-refractivity contribution in [3.05, 3.63) is 54.1 Å². The van der Waals surface area contributed by atoms with Crippen molar-refractivity contribution in [3.63, 3.8) is 0 Å². The Morgan fingerprint density at radius 2 is 1.92 bits per heavy atom. The van der Waals surface area contributed by atoms with Crippen LogP contribution in [-0.2, 0) is 16.6 Å². The second kappa shape index (κ2) is 6.62. The summed E-state index contributed by atoms with van der Waals surface area (Å²) < 4.78 is 32.6. The van der Waals surface area contributed by atoms with Gasteiger partial charge in [0, 0.05) is 12.6 Å². The molecule has 0 fully saturated rings. The van der Waals surface area contributed by atoms with Crippen LogP contribution in [0.4, 0.5) is 6.01 Å². The lowest BCUT2D eigenvalue weighted by molar-refractivity contribution is 0.569. The predicted molar refractivity (Wildman–Crippen MR) is 93.2 cm³/mol. The molecule has 6 nitrogen and oxygen atoms in total. The van der Waals surface area contributed by atoms with Crippen molar-refractivity contribution in [2.45, 2.75) is 31.3 Å². The minimum atomic E-state index is -3.50. The third kappa shape index (κ3) is 3.74. The van der Waals surface area contributed by atoms with Gasteiger partial charge >= 0.3 is 0 Å². The second-order valence-electron chi connectivity index (χ2n) is 5.76. The highest BCUT2D eigenvalue weighted by Crippen LogP contribution is 2.19. The Morgan fingerprint density at radius 3 is 2.67 bits per heavy atom. The number of para-hydroxylation sites is 2. The molecule has 3 rings (SSSR count). The number of benzene rings is 2. The SMILES string of the molecule is CC(C)NS(=O)(=O)c1cccc(CNc2nc3ccccc3o2)c1. The van der Waals surface area contributed by atoms with Crippen LogP contribution in [0.1, 0.15) is 19.4 Å². The van der Waals surface area contributed by atoms with Crippen LogP contribution in [0.3, 0.4) is 0 Å². The van der Waals surface area contributed by atoms with E-state index in [2.05, 4.69) is 15.0 Å². The normalized spacial score (nSPS) is 12.0. The number of nitrogens with zero attached hydrogens (tertiary/aromatic N) is 1. The molecule has 0 atom stereocenters. The predicted octanol–water partition coefficient (Wildman–Crippen LogP) is 3.13. The van der Waals surface area contributed by atoms with Crippen LogP contribution in [0.25, 0.3) is 11.1 Å². The van der Waals surface area contributed by atoms with E-state index in [0.717, 1.165) is 11.1 Å². The Labute approximate surface area is 141 Å². The van der Waals surface area contributed by atoms with Crippen molar-refractivity contribution in [1.82, 2.24) is 9.71 Å². The molecule has 1 heterocycles. The number of sulfonamides is 1. The number of nitrogens with one attached hydrogen (secondary N) is 2. The third-order valence-corrected chi connectivity index (χ3v) is 4.99. The van der Waals surface area contributed by atoms with Crippen molar-refractivity contribution < 1.29 is 12.8 Å². The summed E-state index contributed by atoms with van der Waals surface area (Å²) in [5.74, 6) is 0. The molecule has 1 aromatic heterocycles. The monoisotopic (exact) mass is 345 g/mol. The molecule has 7 heteroatoms. The lowest BCUT2D eigenvalue weighted by Gasteiger charge is -2.10. The minimum absolute atomic E-state index is 0.156. The Bertz CT molecular complexity index is 915. The number of hydrogen-bond acceptors (Lipinski definition) is 5. The first kappa shape index (κ1) is 16.5. The highest BCUT2D eigenvalue weighted by Gasteiger charge is 2.15. The van der Waals surface area contributed by atoms with Crippen molar-refractivity contribution in [2.75, 3.05) is 5.32 Å². The molecule has 2 N–H and O–H groups in total. The second-order valence-corrected chi connectivity index (χ2v) is 7.48. The zero-order chi connectivity index (χ0) is 17.2. The van der Waals surface area contributed by atoms with Gasteiger partial charge in [0.15, 0.2) is 5.58 Å². The van der Waals surface area contributed by atoms with Gasteiger partial charge in [0.1, 0.15) is 5.52 Å². The number of rotatable bonds is 6. The van der Waals surface area contributed by atoms with Crippen LogP contribution in [-0.4, -0.2) is 19.4 Å². The molecule has 0 spiro atoms. The summed E-state index contributed by atoms with van der Waals surface area (Å²) in [6.45, 7) is 3.99. The maximum Gasteiger partial charge on any atom is 0.295 e. The summed E-state index contributed by atoms with van der Waals surface area (Å²) in [6, 6.07) is 14.5. The Hall–Kier alpha value is -2.38. The van der Waals surface area contributed by atoms with Gasteiger partial charge in [0.05, 0.1) is 4.90 Å². The molecule has 0 amide bonds. The fourth-order valence-electron chi connectivity index (χ4n) is 2.33. The fourth-order valence-corrected chi connectivity index (χ4v) is 3.65. The Kier molecular flexibility index (Phi) is 4.55. The lowest BCUT2D eigenvalue weighted by atomic mass is 10.2. The molecule has 0 aliphatic heterocycles. The van der Waals surface area contributed by atoms with Crippen LogP contribution in [0, 0.1) is 0 Å². The van der Waals surface area contributed by atoms with Gasteiger partial charge in [-0.3, -0.25) is 0 Å². The zero-order valence-corrected chi connectivity index (χ0v) is 14.3. The van der Waals surface area contributed by atoms with Crippen LogP contribution in [0.5, 0.6) is 0 Å². The topological polar surface area (TPSA) is 84.2 Å². The van der Waals surface area contributed by atoms with Gasteiger partial charge in [-0.2, -0.15) is 4.98 Å². The van der Waals surface area contributed by atoms with Crippen LogP contribution in [0.15, 0.2) is 57.8 Å². The van der Waals surface area contributed by atoms with E-state index >= 15 is 0 Å². The maximum atomic E-state index is 12.2. The van der Waals surface area contributed by atoms with E-state index in [-0.39, 0.29) is 10.9 Å². The van der Waals surface area contributed by atoms with Gasteiger partial charge in [-0.05, 0) is 43.7 Å². The van der Waals surface area contributed by atoms with E-state index in [1.807, 2.05) is 30.3 Å². The van der Waals surface area contributed by atoms with Crippen LogP contribution >= 0.6 is 0 Å². The first-order chi connectivity index (χ1) is 11.4. The van der Waals surface area contributed by atoms with Gasteiger partial charge in [-0.25, -0.2) is 13.1 Å². The van der Waals surface area contributed by atoms with Gasteiger partial charge in [0.2, 0.25) is 10.0 Å². The summed E-state index contributed by atoms with van der Waals surface area (Å²) in [5.41, 5.74) is 2.30. The first-order valence-corrected chi connectivity index (χ1v) is 9.13. The average molecular weight is 345 g/mol. The summed E-state index contributed by atoms with van der Waals surface area (Å²) in [6.07, 6.45) is 0. The minimum Gasteiger partial charge on any atom is -0.424 e. The molecular weight excluding hydrogens is 326 g/mol. The molecule has 0 unspecified atom stereocenters. The molecule has 24 heavy (non-hydrogen) atoms. The summed E-state index contributed by atoms with van der Waals surface area (Å²) >= 11 is 0. The standard InChI is InChI=1S/C17H19N3O3S/c1-12(2)20-24(21,22)14-7-5-6-13(10-14)11-18-17-19-15-8-3-4-9-16(15)23-17/h3-10,12,20H,11H2,1-2H3,(H,18,19). The van der Waals surface area contributed by atoms with E-state index < -0.39 is 10.0 Å². The van der Waals surface area contributed by atoms with Gasteiger partial charge in [-0.1, -0.05) is 24.3 Å². The smallest absolute Gasteiger partial charge is 0.295 e. The van der Waals surface area contributed by atoms with Crippen molar-refractivity contribution in [2.24, 2.45) is 0 Å². The molecule has 0 radical (unpaired) electrons. The van der Waals surface area contributed by atoms with E-state index in [0.29, 0.717) is 18.1 Å². The highest BCUT2D eigenvalue weighted by atomic mass is 32.2. The highest BCUT2D eigenvalue weighted by molar-refractivity contribution is 7.89. The Morgan fingerprint density at radius 1 is 1.12 bits per heavy atom. The summed E-state index contributed by atoms with van der Waals surface area (Å²) in [7, 11) is -3.50. The zero-order valence-electron chi connectivity index (χ0n) is 13.5. The molecule has 126 valence electrons. The van der Waals surface area contributed by atoms with E-state index in [1.165, 1.54) is 0 Å². The maximum absolute atomic E-state index is 12.2. The first-order valence-electron chi connectivity index (χ1n) is 7.65. The van der Waals surface area contributed by atoms with Crippen molar-refractivity contribution in [3.8, 4) is 0 Å². The molecule has 3 aromatic rings. The van der Waals surface area contributed by atoms with Gasteiger partial charge < -0.3 is 9.73 Å². The molecule has 0 aliphatic carbocycles. The van der Waals surface area contributed by atoms with Gasteiger partial charge in [-0.15, -0.1) is 0 Å². The van der Waals surface area contributed by atoms with E-state index in [9.17, 15) is 8.42 Å². The molecule has 0 saturated carbocycles. The molecule has 0 aliphatic rings. The lowest BCUT2D eigenvalue weighted by Crippen LogP contribution is -2.30. The number of hydrogen-bond donors (Lipinski definition) is 2. The molecular formula is C17H19N3O3S. The van der Waals surface area contributed by atoms with Crippen molar-refractivity contribution >= 4 is 27.1 Å². The number of oxazole rings is 1. The fraction of sp³-hybridized carbons (Fsp3) is 0.235. The van der Waals surface area contributed by atoms with Crippen LogP contribution in [0.2, 0.25) is 0 Å². The van der Waals surface area contributed by atoms with E-state index in [1.54, 1.807) is 32.0 Å². The summed E-state index contributed by atoms with van der Waals surface area (Å²) in [5, 5.41) is 3.08. The molecule has 2 aromatic carbocycles. The number of fused-ring (bicyclic) bond motifs is 1. The third-order valence-electron chi connectivity index (χ3n) is 3.34.